The first-order valence-electron chi connectivity index (χ1n) is 14.6. The molecule has 40 heavy (non-hydrogen) atoms. The minimum absolute atomic E-state index is 0.0652. The lowest BCUT2D eigenvalue weighted by molar-refractivity contribution is 0.121. The van der Waals surface area contributed by atoms with Crippen molar-refractivity contribution in [2.24, 2.45) is 5.92 Å². The number of hydrogen-bond donors (Lipinski definition) is 1. The van der Waals surface area contributed by atoms with Crippen LogP contribution < -0.4 is 15.0 Å². The van der Waals surface area contributed by atoms with Crippen LogP contribution in [0.2, 0.25) is 10.0 Å². The number of anilines is 1. The quantitative estimate of drug-likeness (QED) is 0.356. The van der Waals surface area contributed by atoms with Gasteiger partial charge in [-0.3, -0.25) is 9.88 Å². The number of halogens is 2. The molecular weight excluding hydrogens is 541 g/mol. The number of benzene rings is 1. The Morgan fingerprint density at radius 1 is 1.10 bits per heavy atom. The molecular formula is C32H41Cl2N5O. The van der Waals surface area contributed by atoms with Crippen LogP contribution in [0.1, 0.15) is 50.8 Å². The second-order valence-corrected chi connectivity index (χ2v) is 12.0. The van der Waals surface area contributed by atoms with Gasteiger partial charge in [-0.25, -0.2) is 4.98 Å². The maximum atomic E-state index is 6.59. The van der Waals surface area contributed by atoms with Crippen molar-refractivity contribution in [2.45, 2.75) is 51.5 Å². The zero-order valence-electron chi connectivity index (χ0n) is 23.9. The van der Waals surface area contributed by atoms with Crippen molar-refractivity contribution < 1.29 is 4.74 Å². The highest BCUT2D eigenvalue weighted by molar-refractivity contribution is 6.36. The van der Waals surface area contributed by atoms with Gasteiger partial charge >= 0.3 is 0 Å². The number of pyridine rings is 2. The first-order chi connectivity index (χ1) is 19.4. The Hall–Kier alpha value is -2.38. The summed E-state index contributed by atoms with van der Waals surface area (Å²) < 4.78 is 5.79. The number of piperidine rings is 1. The van der Waals surface area contributed by atoms with E-state index in [9.17, 15) is 0 Å². The second kappa shape index (κ2) is 13.1. The first-order valence-corrected chi connectivity index (χ1v) is 15.4. The van der Waals surface area contributed by atoms with E-state index >= 15 is 0 Å². The molecule has 1 aromatic carbocycles. The number of aromatic nitrogens is 2. The average molecular weight is 583 g/mol. The van der Waals surface area contributed by atoms with Crippen LogP contribution in [0.4, 0.5) is 5.69 Å². The molecule has 2 atom stereocenters. The van der Waals surface area contributed by atoms with Gasteiger partial charge in [-0.1, -0.05) is 42.6 Å². The lowest BCUT2D eigenvalue weighted by Crippen LogP contribution is -2.57. The Morgan fingerprint density at radius 3 is 2.62 bits per heavy atom. The van der Waals surface area contributed by atoms with Crippen molar-refractivity contribution >= 4 is 28.9 Å². The van der Waals surface area contributed by atoms with E-state index in [1.54, 1.807) is 6.20 Å². The number of fused-ring (bicyclic) bond motifs is 2. The summed E-state index contributed by atoms with van der Waals surface area (Å²) in [5, 5.41) is 4.61. The van der Waals surface area contributed by atoms with Crippen LogP contribution in [0.5, 0.6) is 5.88 Å². The summed E-state index contributed by atoms with van der Waals surface area (Å²) >= 11 is 12.7. The zero-order chi connectivity index (χ0) is 28.1. The highest BCUT2D eigenvalue weighted by Gasteiger charge is 2.48. The summed E-state index contributed by atoms with van der Waals surface area (Å²) in [5.41, 5.74) is 5.56. The van der Waals surface area contributed by atoms with Crippen LogP contribution in [-0.2, 0) is 12.0 Å². The highest BCUT2D eigenvalue weighted by atomic mass is 35.5. The summed E-state index contributed by atoms with van der Waals surface area (Å²) in [6.45, 7) is 11.2. The average Bonchev–Trinajstić information content (AvgIpc) is 3.54. The van der Waals surface area contributed by atoms with Gasteiger partial charge in [-0.15, -0.1) is 0 Å². The van der Waals surface area contributed by atoms with Crippen LogP contribution in [-0.4, -0.2) is 61.2 Å². The molecule has 0 aliphatic carbocycles. The third-order valence-corrected chi connectivity index (χ3v) is 9.10. The molecule has 6 nitrogen and oxygen atoms in total. The van der Waals surface area contributed by atoms with Crippen molar-refractivity contribution in [1.82, 2.24) is 20.2 Å². The zero-order valence-corrected chi connectivity index (χ0v) is 25.4. The van der Waals surface area contributed by atoms with Crippen LogP contribution >= 0.6 is 23.2 Å². The van der Waals surface area contributed by atoms with E-state index in [4.69, 9.17) is 32.9 Å². The molecule has 214 valence electrons. The van der Waals surface area contributed by atoms with E-state index in [1.807, 2.05) is 37.3 Å². The molecule has 5 heterocycles. The van der Waals surface area contributed by atoms with Gasteiger partial charge in [0.25, 0.3) is 0 Å². The Morgan fingerprint density at radius 2 is 1.93 bits per heavy atom. The third kappa shape index (κ3) is 6.11. The van der Waals surface area contributed by atoms with E-state index in [0.717, 1.165) is 61.0 Å². The fourth-order valence-corrected chi connectivity index (χ4v) is 7.20. The molecule has 8 heteroatoms. The Bertz CT molecular complexity index is 1290. The summed E-state index contributed by atoms with van der Waals surface area (Å²) in [4.78, 5) is 14.5. The number of nitrogens with zero attached hydrogens (tertiary/aromatic N) is 4. The number of hydrogen-bond acceptors (Lipinski definition) is 6. The number of nitrogens with one attached hydrogen (secondary N) is 1. The van der Waals surface area contributed by atoms with Gasteiger partial charge in [0, 0.05) is 42.8 Å². The first kappa shape index (κ1) is 29.1. The summed E-state index contributed by atoms with van der Waals surface area (Å²) in [5.74, 6) is 1.12. The van der Waals surface area contributed by atoms with Gasteiger partial charge < -0.3 is 15.0 Å². The van der Waals surface area contributed by atoms with Gasteiger partial charge in [0.2, 0.25) is 5.88 Å². The molecule has 0 saturated carbocycles. The lowest BCUT2D eigenvalue weighted by atomic mass is 9.62. The molecule has 0 radical (unpaired) electrons. The van der Waals surface area contributed by atoms with E-state index in [0.29, 0.717) is 23.4 Å². The number of ether oxygens (including phenoxy) is 1. The minimum Gasteiger partial charge on any atom is -0.477 e. The molecule has 3 aliphatic rings. The molecule has 1 spiro atoms. The second-order valence-electron chi connectivity index (χ2n) is 11.2. The largest absolute Gasteiger partial charge is 0.477 e. The summed E-state index contributed by atoms with van der Waals surface area (Å²) in [7, 11) is 2.21. The van der Waals surface area contributed by atoms with Crippen molar-refractivity contribution in [2.75, 3.05) is 51.3 Å². The third-order valence-electron chi connectivity index (χ3n) is 8.56. The van der Waals surface area contributed by atoms with Crippen molar-refractivity contribution in [3.8, 4) is 17.1 Å². The molecule has 6 rings (SSSR count). The molecule has 2 aromatic heterocycles. The van der Waals surface area contributed by atoms with Gasteiger partial charge in [0.15, 0.2) is 0 Å². The van der Waals surface area contributed by atoms with E-state index in [1.165, 1.54) is 37.2 Å². The summed E-state index contributed by atoms with van der Waals surface area (Å²) in [6.07, 6.45) is 6.69. The van der Waals surface area contributed by atoms with Crippen LogP contribution in [0.15, 0.2) is 48.7 Å². The molecule has 2 fully saturated rings. The van der Waals surface area contributed by atoms with Gasteiger partial charge in [-0.2, -0.15) is 0 Å². The van der Waals surface area contributed by atoms with E-state index in [2.05, 4.69) is 46.2 Å². The summed E-state index contributed by atoms with van der Waals surface area (Å²) in [6, 6.07) is 14.3. The molecule has 0 bridgehead atoms. The molecule has 2 saturated heterocycles. The minimum atomic E-state index is 0.0652. The molecule has 0 amide bonds. The highest BCUT2D eigenvalue weighted by Crippen LogP contribution is 2.47. The number of rotatable bonds is 5. The monoisotopic (exact) mass is 581 g/mol. The Labute approximate surface area is 249 Å². The maximum absolute atomic E-state index is 6.59. The number of likely N-dealkylation sites (N-methyl/N-ethyl adjacent to an activating group) is 1. The Kier molecular flexibility index (Phi) is 9.52. The van der Waals surface area contributed by atoms with Crippen molar-refractivity contribution in [3.63, 3.8) is 0 Å². The Balaban J connectivity index is 0.000000582. The fraction of sp³-hybridized carbons (Fsp3) is 0.500. The predicted molar refractivity (Wildman–Crippen MR) is 166 cm³/mol. The topological polar surface area (TPSA) is 53.5 Å². The standard InChI is InChI=1S/C28H32Cl2N4O.C4H9N/c1-4-19-16-34(26-11-8-20(29)15-23(26)30)14-12-28(19)18-33(3)17-25-22(28)9-10-24(32-25)21-7-6-13-31-27(21)35-5-2;1-2-4-5-3-1/h6-11,13,15,19H,4-5,12,14,16-18H2,1-3H3;5H,1-4H2. The van der Waals surface area contributed by atoms with Crippen molar-refractivity contribution in [3.05, 3.63) is 70.0 Å². The predicted octanol–water partition coefficient (Wildman–Crippen LogP) is 6.84. The van der Waals surface area contributed by atoms with Gasteiger partial charge in [0.05, 0.1) is 34.3 Å². The SMILES string of the molecule is C1CCNC1.CCOc1ncccc1-c1ccc2c(n1)CN(C)CC21CCN(c2ccc(Cl)cc2Cl)CC1CC. The molecule has 2 unspecified atom stereocenters. The van der Waals surface area contributed by atoms with Crippen LogP contribution in [0.3, 0.4) is 0 Å². The van der Waals surface area contributed by atoms with Gasteiger partial charge in [-0.05, 0) is 94.2 Å². The smallest absolute Gasteiger partial charge is 0.222 e. The van der Waals surface area contributed by atoms with E-state index < -0.39 is 0 Å². The normalized spacial score (nSPS) is 22.5. The molecule has 1 N–H and O–H groups in total. The van der Waals surface area contributed by atoms with E-state index in [-0.39, 0.29) is 5.41 Å². The fourth-order valence-electron chi connectivity index (χ4n) is 6.68. The van der Waals surface area contributed by atoms with Crippen molar-refractivity contribution in [1.29, 1.82) is 0 Å². The maximum Gasteiger partial charge on any atom is 0.222 e. The van der Waals surface area contributed by atoms with Crippen LogP contribution in [0.25, 0.3) is 11.3 Å². The molecule has 3 aliphatic heterocycles. The lowest BCUT2D eigenvalue weighted by Gasteiger charge is -2.53. The molecule has 3 aromatic rings. The van der Waals surface area contributed by atoms with Crippen LogP contribution in [0, 0.1) is 5.92 Å². The van der Waals surface area contributed by atoms with Gasteiger partial charge in [0.1, 0.15) is 0 Å².